The number of fused-ring (bicyclic) bond motifs is 3. The molecule has 0 unspecified atom stereocenters. The number of para-hydroxylation sites is 4. The van der Waals surface area contributed by atoms with E-state index in [9.17, 15) is 0 Å². The summed E-state index contributed by atoms with van der Waals surface area (Å²) in [7, 11) is 0. The minimum Gasteiger partial charge on any atom is -0.311 e. The number of anilines is 6. The van der Waals surface area contributed by atoms with Crippen LogP contribution in [-0.2, 0) is 0 Å². The predicted molar refractivity (Wildman–Crippen MR) is 250 cm³/mol. The van der Waals surface area contributed by atoms with E-state index in [4.69, 9.17) is 0 Å². The average Bonchev–Trinajstić information content (AvgIpc) is 3.68. The predicted octanol–water partition coefficient (Wildman–Crippen LogP) is 16.3. The highest BCUT2D eigenvalue weighted by atomic mass is 32.1. The molecule has 0 saturated carbocycles. The Morgan fingerprint density at radius 1 is 0.328 bits per heavy atom. The van der Waals surface area contributed by atoms with Gasteiger partial charge >= 0.3 is 0 Å². The number of hydrogen-bond acceptors (Lipinski definition) is 3. The maximum Gasteiger partial charge on any atom is 0.0490 e. The Morgan fingerprint density at radius 2 is 0.776 bits per heavy atom. The quantitative estimate of drug-likeness (QED) is 0.145. The molecule has 58 heavy (non-hydrogen) atoms. The third-order valence-electron chi connectivity index (χ3n) is 11.0. The molecule has 0 saturated heterocycles. The molecule has 0 N–H and O–H groups in total. The summed E-state index contributed by atoms with van der Waals surface area (Å²) in [5, 5.41) is 2.61. The Morgan fingerprint density at radius 3 is 1.36 bits per heavy atom. The third-order valence-corrected chi connectivity index (χ3v) is 12.2. The SMILES string of the molecule is Cc1ccccc1N(c1ccccc1)c1ccc(-c2cc(-c3ccc(N(c4ccccc4)c4ccccc4)cc3)cc(-c3cccc4c3sc3ccccc34)c2)cc1. The molecule has 0 atom stereocenters. The van der Waals surface area contributed by atoms with E-state index in [2.05, 4.69) is 241 Å². The van der Waals surface area contributed by atoms with Crippen LogP contribution in [0.15, 0.2) is 224 Å². The van der Waals surface area contributed by atoms with E-state index in [1.165, 1.54) is 64.8 Å². The Balaban J connectivity index is 1.10. The highest BCUT2D eigenvalue weighted by Gasteiger charge is 2.17. The summed E-state index contributed by atoms with van der Waals surface area (Å²) in [4.78, 5) is 4.66. The standard InChI is InChI=1S/C55H40N2S/c1-39-16-11-13-26-53(39)57(47-21-9-4-10-22-47)49-34-30-41(31-35-49)43-36-42(37-44(38-43)50-24-15-25-52-51-23-12-14-27-54(51)58-55(50)52)40-28-32-48(33-29-40)56(45-17-5-2-6-18-45)46-19-7-3-8-20-46/h2-38H,1H3. The van der Waals surface area contributed by atoms with Crippen molar-refractivity contribution in [2.75, 3.05) is 9.80 Å². The first-order valence-corrected chi connectivity index (χ1v) is 20.6. The number of rotatable bonds is 9. The minimum atomic E-state index is 1.11. The molecular formula is C55H40N2S. The van der Waals surface area contributed by atoms with E-state index in [1.54, 1.807) is 0 Å². The van der Waals surface area contributed by atoms with Gasteiger partial charge in [0.25, 0.3) is 0 Å². The molecule has 1 heterocycles. The topological polar surface area (TPSA) is 6.48 Å². The maximum absolute atomic E-state index is 2.37. The van der Waals surface area contributed by atoms with Crippen molar-refractivity contribution in [3.8, 4) is 33.4 Å². The van der Waals surface area contributed by atoms with E-state index in [0.29, 0.717) is 0 Å². The Hall–Kier alpha value is -7.20. The van der Waals surface area contributed by atoms with Crippen LogP contribution in [0.2, 0.25) is 0 Å². The first-order chi connectivity index (χ1) is 28.7. The lowest BCUT2D eigenvalue weighted by Gasteiger charge is -2.27. The van der Waals surface area contributed by atoms with E-state index >= 15 is 0 Å². The fourth-order valence-electron chi connectivity index (χ4n) is 8.12. The van der Waals surface area contributed by atoms with Gasteiger partial charge in [0.2, 0.25) is 0 Å². The summed E-state index contributed by atoms with van der Waals surface area (Å²) in [5.74, 6) is 0. The number of aryl methyl sites for hydroxylation is 1. The number of thiophene rings is 1. The molecule has 276 valence electrons. The molecule has 0 aliphatic rings. The highest BCUT2D eigenvalue weighted by Crippen LogP contribution is 2.43. The van der Waals surface area contributed by atoms with Crippen LogP contribution in [0, 0.1) is 6.92 Å². The van der Waals surface area contributed by atoms with Gasteiger partial charge in [0.1, 0.15) is 0 Å². The van der Waals surface area contributed by atoms with Crippen LogP contribution in [-0.4, -0.2) is 0 Å². The summed E-state index contributed by atoms with van der Waals surface area (Å²) in [6.45, 7) is 2.18. The molecule has 0 amide bonds. The second-order valence-electron chi connectivity index (χ2n) is 14.6. The van der Waals surface area contributed by atoms with Crippen LogP contribution in [0.1, 0.15) is 5.56 Å². The normalized spacial score (nSPS) is 11.2. The smallest absolute Gasteiger partial charge is 0.0490 e. The van der Waals surface area contributed by atoms with E-state index in [1.807, 2.05) is 11.3 Å². The van der Waals surface area contributed by atoms with Gasteiger partial charge in [0.15, 0.2) is 0 Å². The number of hydrogen-bond donors (Lipinski definition) is 0. The molecule has 3 heteroatoms. The molecule has 1 aromatic heterocycles. The first kappa shape index (κ1) is 35.2. The zero-order valence-electron chi connectivity index (χ0n) is 32.2. The van der Waals surface area contributed by atoms with Gasteiger partial charge in [-0.05, 0) is 137 Å². The van der Waals surface area contributed by atoms with Gasteiger partial charge in [-0.1, -0.05) is 133 Å². The van der Waals surface area contributed by atoms with Gasteiger partial charge in [-0.2, -0.15) is 0 Å². The zero-order chi connectivity index (χ0) is 38.8. The molecule has 10 aromatic rings. The van der Waals surface area contributed by atoms with Crippen molar-refractivity contribution in [2.45, 2.75) is 6.92 Å². The maximum atomic E-state index is 2.37. The Kier molecular flexibility index (Phi) is 9.34. The van der Waals surface area contributed by atoms with E-state index in [0.717, 1.165) is 28.4 Å². The van der Waals surface area contributed by atoms with Crippen molar-refractivity contribution < 1.29 is 0 Å². The number of nitrogens with zero attached hydrogens (tertiary/aromatic N) is 2. The van der Waals surface area contributed by atoms with Crippen LogP contribution in [0.5, 0.6) is 0 Å². The summed E-state index contributed by atoms with van der Waals surface area (Å²) >= 11 is 1.88. The van der Waals surface area contributed by atoms with Gasteiger partial charge in [-0.3, -0.25) is 0 Å². The van der Waals surface area contributed by atoms with E-state index in [-0.39, 0.29) is 0 Å². The molecule has 0 radical (unpaired) electrons. The van der Waals surface area contributed by atoms with Crippen LogP contribution >= 0.6 is 11.3 Å². The molecule has 9 aromatic carbocycles. The monoisotopic (exact) mass is 760 g/mol. The number of benzene rings is 9. The molecule has 0 aliphatic heterocycles. The van der Waals surface area contributed by atoms with Crippen LogP contribution in [0.4, 0.5) is 34.1 Å². The van der Waals surface area contributed by atoms with Crippen molar-refractivity contribution >= 4 is 65.6 Å². The zero-order valence-corrected chi connectivity index (χ0v) is 33.0. The largest absolute Gasteiger partial charge is 0.311 e. The Labute approximate surface area is 344 Å². The second kappa shape index (κ2) is 15.4. The summed E-state index contributed by atoms with van der Waals surface area (Å²) < 4.78 is 2.63. The van der Waals surface area contributed by atoms with Gasteiger partial charge < -0.3 is 9.80 Å². The molecule has 0 aliphatic carbocycles. The van der Waals surface area contributed by atoms with Crippen molar-refractivity contribution in [3.05, 3.63) is 230 Å². The lowest BCUT2D eigenvalue weighted by Crippen LogP contribution is -2.11. The average molecular weight is 761 g/mol. The second-order valence-corrected chi connectivity index (χ2v) is 15.7. The van der Waals surface area contributed by atoms with Crippen molar-refractivity contribution in [1.82, 2.24) is 0 Å². The summed E-state index contributed by atoms with van der Waals surface area (Å²) in [6, 6.07) is 81.1. The van der Waals surface area contributed by atoms with Crippen molar-refractivity contribution in [3.63, 3.8) is 0 Å². The lowest BCUT2D eigenvalue weighted by molar-refractivity contribution is 1.25. The molecule has 0 bridgehead atoms. The first-order valence-electron chi connectivity index (χ1n) is 19.8. The van der Waals surface area contributed by atoms with Gasteiger partial charge in [0.05, 0.1) is 0 Å². The summed E-state index contributed by atoms with van der Waals surface area (Å²) in [6.07, 6.45) is 0. The fourth-order valence-corrected chi connectivity index (χ4v) is 9.36. The third kappa shape index (κ3) is 6.72. The van der Waals surface area contributed by atoms with Crippen molar-refractivity contribution in [1.29, 1.82) is 0 Å². The van der Waals surface area contributed by atoms with Crippen LogP contribution in [0.25, 0.3) is 53.6 Å². The van der Waals surface area contributed by atoms with Gasteiger partial charge in [0, 0.05) is 54.3 Å². The van der Waals surface area contributed by atoms with Gasteiger partial charge in [-0.25, -0.2) is 0 Å². The molecule has 0 spiro atoms. The van der Waals surface area contributed by atoms with Crippen LogP contribution < -0.4 is 9.80 Å². The Bertz CT molecular complexity index is 2950. The lowest BCUT2D eigenvalue weighted by atomic mass is 9.92. The molecule has 2 nitrogen and oxygen atoms in total. The fraction of sp³-hybridized carbons (Fsp3) is 0.0182. The molecular weight excluding hydrogens is 721 g/mol. The van der Waals surface area contributed by atoms with Gasteiger partial charge in [-0.15, -0.1) is 11.3 Å². The van der Waals surface area contributed by atoms with Crippen molar-refractivity contribution in [2.24, 2.45) is 0 Å². The van der Waals surface area contributed by atoms with Crippen LogP contribution in [0.3, 0.4) is 0 Å². The minimum absolute atomic E-state index is 1.11. The summed E-state index contributed by atoms with van der Waals surface area (Å²) in [5.41, 5.74) is 15.2. The molecule has 10 rings (SSSR count). The highest BCUT2D eigenvalue weighted by molar-refractivity contribution is 7.26. The molecule has 0 fully saturated rings. The van der Waals surface area contributed by atoms with E-state index < -0.39 is 0 Å².